The number of unbranched alkanes of at least 4 members (excludes halogenated alkanes) is 2. The lowest BCUT2D eigenvalue weighted by Crippen LogP contribution is -2.41. The molecule has 1 atom stereocenters. The summed E-state index contributed by atoms with van der Waals surface area (Å²) in [5, 5.41) is 5.57. The summed E-state index contributed by atoms with van der Waals surface area (Å²) in [6.07, 6.45) is 4.74. The summed E-state index contributed by atoms with van der Waals surface area (Å²) in [5.74, 6) is -0.190. The van der Waals surface area contributed by atoms with Crippen molar-refractivity contribution in [2.24, 2.45) is 5.73 Å². The Morgan fingerprint density at radius 1 is 1.06 bits per heavy atom. The Labute approximate surface area is 110 Å². The lowest BCUT2D eigenvalue weighted by molar-refractivity contribution is -0.123. The van der Waals surface area contributed by atoms with E-state index in [1.54, 1.807) is 0 Å². The first kappa shape index (κ1) is 16.9. The molecule has 0 aliphatic rings. The van der Waals surface area contributed by atoms with Crippen molar-refractivity contribution < 1.29 is 9.59 Å². The molecule has 0 spiro atoms. The summed E-state index contributed by atoms with van der Waals surface area (Å²) < 4.78 is 0. The van der Waals surface area contributed by atoms with E-state index in [4.69, 9.17) is 5.73 Å². The number of hydrogen-bond acceptors (Lipinski definition) is 3. The highest BCUT2D eigenvalue weighted by Gasteiger charge is 2.14. The molecule has 0 saturated carbocycles. The molecule has 0 aromatic heterocycles. The molecule has 2 amide bonds. The van der Waals surface area contributed by atoms with Crippen molar-refractivity contribution in [3.8, 4) is 0 Å². The molecule has 0 aromatic carbocycles. The summed E-state index contributed by atoms with van der Waals surface area (Å²) in [6.45, 7) is 5.49. The molecule has 0 saturated heterocycles. The lowest BCUT2D eigenvalue weighted by atomic mass is 10.1. The molecule has 0 aliphatic carbocycles. The van der Waals surface area contributed by atoms with Crippen molar-refractivity contribution >= 4 is 11.8 Å². The van der Waals surface area contributed by atoms with Gasteiger partial charge in [-0.1, -0.05) is 26.7 Å². The topological polar surface area (TPSA) is 84.2 Å². The van der Waals surface area contributed by atoms with Gasteiger partial charge in [-0.25, -0.2) is 0 Å². The average molecular weight is 257 g/mol. The average Bonchev–Trinajstić information content (AvgIpc) is 2.36. The van der Waals surface area contributed by atoms with E-state index < -0.39 is 6.04 Å². The minimum absolute atomic E-state index is 0.0275. The zero-order valence-electron chi connectivity index (χ0n) is 11.6. The Balaban J connectivity index is 3.64. The minimum atomic E-state index is -0.584. The predicted octanol–water partition coefficient (Wildman–Crippen LogP) is 0.927. The minimum Gasteiger partial charge on any atom is -0.356 e. The molecule has 4 N–H and O–H groups in total. The van der Waals surface area contributed by atoms with Crippen molar-refractivity contribution in [2.75, 3.05) is 13.1 Å². The molecule has 0 rings (SSSR count). The largest absolute Gasteiger partial charge is 0.356 e. The van der Waals surface area contributed by atoms with Gasteiger partial charge in [0.1, 0.15) is 0 Å². The molecule has 106 valence electrons. The van der Waals surface area contributed by atoms with Gasteiger partial charge in [0.15, 0.2) is 0 Å². The van der Waals surface area contributed by atoms with Crippen molar-refractivity contribution in [1.29, 1.82) is 0 Å². The summed E-state index contributed by atoms with van der Waals surface area (Å²) in [5.41, 5.74) is 5.71. The number of carbonyl (C=O) groups excluding carboxylic acids is 2. The highest BCUT2D eigenvalue weighted by molar-refractivity contribution is 5.82. The Morgan fingerprint density at radius 3 is 2.17 bits per heavy atom. The Hall–Kier alpha value is -1.10. The van der Waals surface area contributed by atoms with Crippen LogP contribution in [-0.2, 0) is 9.59 Å². The molecule has 1 unspecified atom stereocenters. The zero-order chi connectivity index (χ0) is 13.8. The number of nitrogens with two attached hydrogens (primary N) is 1. The zero-order valence-corrected chi connectivity index (χ0v) is 11.6. The van der Waals surface area contributed by atoms with E-state index >= 15 is 0 Å². The standard InChI is InChI=1S/C13H27N3O2/c1-3-5-9-15-12(17)8-7-11(14)13(18)16-10-6-4-2/h11H,3-10,14H2,1-2H3,(H,15,17)(H,16,18). The molecule has 5 heteroatoms. The van der Waals surface area contributed by atoms with E-state index in [0.717, 1.165) is 25.7 Å². The van der Waals surface area contributed by atoms with Gasteiger partial charge in [0.05, 0.1) is 6.04 Å². The van der Waals surface area contributed by atoms with Crippen LogP contribution < -0.4 is 16.4 Å². The van der Waals surface area contributed by atoms with Gasteiger partial charge in [0.25, 0.3) is 0 Å². The number of rotatable bonds is 10. The van der Waals surface area contributed by atoms with E-state index in [1.807, 2.05) is 0 Å². The second-order valence-corrected chi connectivity index (χ2v) is 4.49. The quantitative estimate of drug-likeness (QED) is 0.509. The van der Waals surface area contributed by atoms with Crippen LogP contribution in [0.4, 0.5) is 0 Å². The highest BCUT2D eigenvalue weighted by atomic mass is 16.2. The first-order chi connectivity index (χ1) is 8.61. The van der Waals surface area contributed by atoms with Crippen molar-refractivity contribution in [3.63, 3.8) is 0 Å². The van der Waals surface area contributed by atoms with E-state index in [9.17, 15) is 9.59 Å². The SMILES string of the molecule is CCCCNC(=O)CCC(N)C(=O)NCCCC. The van der Waals surface area contributed by atoms with Crippen LogP contribution in [0.15, 0.2) is 0 Å². The smallest absolute Gasteiger partial charge is 0.236 e. The number of hydrogen-bond donors (Lipinski definition) is 3. The number of amides is 2. The van der Waals surface area contributed by atoms with Gasteiger partial charge >= 0.3 is 0 Å². The van der Waals surface area contributed by atoms with Gasteiger partial charge in [-0.05, 0) is 19.3 Å². The van der Waals surface area contributed by atoms with E-state index in [0.29, 0.717) is 25.9 Å². The molecular weight excluding hydrogens is 230 g/mol. The van der Waals surface area contributed by atoms with Crippen LogP contribution in [0.5, 0.6) is 0 Å². The maximum atomic E-state index is 11.5. The monoisotopic (exact) mass is 257 g/mol. The molecule has 0 aliphatic heterocycles. The van der Waals surface area contributed by atoms with Gasteiger partial charge < -0.3 is 16.4 Å². The maximum Gasteiger partial charge on any atom is 0.236 e. The van der Waals surface area contributed by atoms with Gasteiger partial charge in [-0.15, -0.1) is 0 Å². The van der Waals surface area contributed by atoms with Crippen molar-refractivity contribution in [3.05, 3.63) is 0 Å². The molecule has 0 heterocycles. The first-order valence-corrected chi connectivity index (χ1v) is 6.91. The summed E-state index contributed by atoms with van der Waals surface area (Å²) in [7, 11) is 0. The summed E-state index contributed by atoms with van der Waals surface area (Å²) >= 11 is 0. The third kappa shape index (κ3) is 8.98. The van der Waals surface area contributed by atoms with Crippen LogP contribution in [0.3, 0.4) is 0 Å². The van der Waals surface area contributed by atoms with Gasteiger partial charge in [-0.2, -0.15) is 0 Å². The van der Waals surface area contributed by atoms with Gasteiger partial charge in [0, 0.05) is 19.5 Å². The Bertz CT molecular complexity index is 244. The van der Waals surface area contributed by atoms with Crippen LogP contribution >= 0.6 is 0 Å². The fourth-order valence-electron chi connectivity index (χ4n) is 1.43. The molecule has 0 bridgehead atoms. The Kier molecular flexibility index (Phi) is 10.3. The molecule has 0 aromatic rings. The predicted molar refractivity (Wildman–Crippen MR) is 73.0 cm³/mol. The van der Waals surface area contributed by atoms with Crippen molar-refractivity contribution in [2.45, 2.75) is 58.4 Å². The normalized spacial score (nSPS) is 11.9. The molecule has 0 fully saturated rings. The third-order valence-corrected chi connectivity index (χ3v) is 2.70. The molecule has 18 heavy (non-hydrogen) atoms. The van der Waals surface area contributed by atoms with Crippen LogP contribution in [0.25, 0.3) is 0 Å². The lowest BCUT2D eigenvalue weighted by Gasteiger charge is -2.11. The van der Waals surface area contributed by atoms with Crippen LogP contribution in [0.1, 0.15) is 52.4 Å². The van der Waals surface area contributed by atoms with Crippen LogP contribution in [0.2, 0.25) is 0 Å². The van der Waals surface area contributed by atoms with Gasteiger partial charge in [-0.3, -0.25) is 9.59 Å². The molecule has 0 radical (unpaired) electrons. The van der Waals surface area contributed by atoms with Crippen molar-refractivity contribution in [1.82, 2.24) is 10.6 Å². The second-order valence-electron chi connectivity index (χ2n) is 4.49. The maximum absolute atomic E-state index is 11.5. The Morgan fingerprint density at radius 2 is 1.61 bits per heavy atom. The fraction of sp³-hybridized carbons (Fsp3) is 0.846. The summed E-state index contributed by atoms with van der Waals surface area (Å²) in [6, 6.07) is -0.584. The van der Waals surface area contributed by atoms with E-state index in [1.165, 1.54) is 0 Å². The summed E-state index contributed by atoms with van der Waals surface area (Å²) in [4.78, 5) is 22.9. The number of nitrogens with one attached hydrogen (secondary N) is 2. The molecular formula is C13H27N3O2. The van der Waals surface area contributed by atoms with Crippen LogP contribution in [0, 0.1) is 0 Å². The fourth-order valence-corrected chi connectivity index (χ4v) is 1.43. The third-order valence-electron chi connectivity index (χ3n) is 2.70. The number of carbonyl (C=O) groups is 2. The van der Waals surface area contributed by atoms with Crippen LogP contribution in [-0.4, -0.2) is 30.9 Å². The first-order valence-electron chi connectivity index (χ1n) is 6.91. The highest BCUT2D eigenvalue weighted by Crippen LogP contribution is 1.96. The van der Waals surface area contributed by atoms with Gasteiger partial charge in [0.2, 0.25) is 11.8 Å². The molecule has 5 nitrogen and oxygen atoms in total. The van der Waals surface area contributed by atoms with E-state index in [-0.39, 0.29) is 11.8 Å². The second kappa shape index (κ2) is 11.0. The van der Waals surface area contributed by atoms with E-state index in [2.05, 4.69) is 24.5 Å².